The fourth-order valence-corrected chi connectivity index (χ4v) is 1.83. The molecule has 0 unspecified atom stereocenters. The van der Waals surface area contributed by atoms with Gasteiger partial charge in [0.25, 0.3) is 0 Å². The van der Waals surface area contributed by atoms with E-state index in [0.29, 0.717) is 24.6 Å². The lowest BCUT2D eigenvalue weighted by Gasteiger charge is -2.06. The molecule has 90 valence electrons. The molecule has 1 heterocycles. The molecule has 1 aromatic rings. The third kappa shape index (κ3) is 4.94. The van der Waals surface area contributed by atoms with E-state index in [-0.39, 0.29) is 5.75 Å². The van der Waals surface area contributed by atoms with Crippen molar-refractivity contribution in [3.8, 4) is 0 Å². The number of nitrogens with two attached hydrogens (primary N) is 1. The summed E-state index contributed by atoms with van der Waals surface area (Å²) in [5, 5.41) is 3.02. The zero-order chi connectivity index (χ0) is 12.0. The topological polar surface area (TPSA) is 97.1 Å². The number of anilines is 2. The number of nitrogens with one attached hydrogen (secondary N) is 2. The summed E-state index contributed by atoms with van der Waals surface area (Å²) in [5.74, 6) is 6.62. The van der Waals surface area contributed by atoms with Gasteiger partial charge in [0.15, 0.2) is 0 Å². The number of hydrogen-bond acceptors (Lipinski definition) is 6. The molecule has 0 atom stereocenters. The Hall–Kier alpha value is -1.34. The Kier molecular flexibility index (Phi) is 4.51. The van der Waals surface area contributed by atoms with E-state index < -0.39 is 9.84 Å². The first-order valence-electron chi connectivity index (χ1n) is 4.86. The fraction of sp³-hybridized carbons (Fsp3) is 0.444. The third-order valence-corrected chi connectivity index (χ3v) is 2.93. The van der Waals surface area contributed by atoms with E-state index in [4.69, 9.17) is 5.84 Å². The molecule has 0 bridgehead atoms. The Morgan fingerprint density at radius 1 is 1.38 bits per heavy atom. The van der Waals surface area contributed by atoms with Crippen LogP contribution in [0.1, 0.15) is 6.42 Å². The molecule has 7 heteroatoms. The highest BCUT2D eigenvalue weighted by Gasteiger charge is 2.01. The van der Waals surface area contributed by atoms with Gasteiger partial charge in [0.1, 0.15) is 21.5 Å². The molecular formula is C9H16N4O2S. The van der Waals surface area contributed by atoms with Crippen molar-refractivity contribution in [3.05, 3.63) is 18.2 Å². The first-order chi connectivity index (χ1) is 7.51. The highest BCUT2D eigenvalue weighted by Crippen LogP contribution is 2.07. The van der Waals surface area contributed by atoms with Crippen molar-refractivity contribution in [1.29, 1.82) is 0 Å². The number of rotatable bonds is 6. The molecule has 1 rings (SSSR count). The van der Waals surface area contributed by atoms with Crippen LogP contribution in [0.25, 0.3) is 0 Å². The van der Waals surface area contributed by atoms with Crippen LogP contribution in [-0.4, -0.2) is 32.0 Å². The molecule has 0 aromatic carbocycles. The SMILES string of the molecule is CS(=O)(=O)CCCNc1cccc(NN)n1. The van der Waals surface area contributed by atoms with Crippen LogP contribution in [0.5, 0.6) is 0 Å². The van der Waals surface area contributed by atoms with Gasteiger partial charge in [0.05, 0.1) is 5.75 Å². The number of nitrogens with zero attached hydrogens (tertiary/aromatic N) is 1. The van der Waals surface area contributed by atoms with Crippen LogP contribution in [0.15, 0.2) is 18.2 Å². The van der Waals surface area contributed by atoms with Gasteiger partial charge in [-0.05, 0) is 18.6 Å². The Bertz CT molecular complexity index is 433. The molecule has 0 amide bonds. The molecule has 16 heavy (non-hydrogen) atoms. The van der Waals surface area contributed by atoms with Gasteiger partial charge in [-0.2, -0.15) is 0 Å². The Morgan fingerprint density at radius 3 is 2.69 bits per heavy atom. The van der Waals surface area contributed by atoms with E-state index in [0.717, 1.165) is 0 Å². The van der Waals surface area contributed by atoms with Gasteiger partial charge in [-0.1, -0.05) is 6.07 Å². The Labute approximate surface area is 95.1 Å². The Balaban J connectivity index is 2.37. The molecule has 4 N–H and O–H groups in total. The smallest absolute Gasteiger partial charge is 0.147 e. The lowest BCUT2D eigenvalue weighted by atomic mass is 10.4. The van der Waals surface area contributed by atoms with E-state index in [1.54, 1.807) is 18.2 Å². The zero-order valence-corrected chi connectivity index (χ0v) is 9.92. The highest BCUT2D eigenvalue weighted by molar-refractivity contribution is 7.90. The van der Waals surface area contributed by atoms with Crippen LogP contribution in [0.2, 0.25) is 0 Å². The molecule has 0 fully saturated rings. The molecule has 0 aliphatic rings. The van der Waals surface area contributed by atoms with Gasteiger partial charge in [0, 0.05) is 12.8 Å². The van der Waals surface area contributed by atoms with Crippen LogP contribution in [-0.2, 0) is 9.84 Å². The summed E-state index contributed by atoms with van der Waals surface area (Å²) in [5.41, 5.74) is 2.44. The van der Waals surface area contributed by atoms with Gasteiger partial charge >= 0.3 is 0 Å². The summed E-state index contributed by atoms with van der Waals surface area (Å²) in [6, 6.07) is 5.34. The number of pyridine rings is 1. The minimum Gasteiger partial charge on any atom is -0.370 e. The second-order valence-corrected chi connectivity index (χ2v) is 5.72. The number of nitrogen functional groups attached to an aromatic ring is 1. The van der Waals surface area contributed by atoms with Gasteiger partial charge in [-0.3, -0.25) is 0 Å². The number of hydrogen-bond donors (Lipinski definition) is 3. The zero-order valence-electron chi connectivity index (χ0n) is 9.10. The number of sulfone groups is 1. The maximum Gasteiger partial charge on any atom is 0.147 e. The standard InChI is InChI=1S/C9H16N4O2S/c1-16(14,15)7-3-6-11-8-4-2-5-9(12-8)13-10/h2,4-5H,3,6-7,10H2,1H3,(H2,11,12,13). The minimum absolute atomic E-state index is 0.175. The van der Waals surface area contributed by atoms with Crippen molar-refractivity contribution < 1.29 is 8.42 Å². The molecule has 0 radical (unpaired) electrons. The highest BCUT2D eigenvalue weighted by atomic mass is 32.2. The van der Waals surface area contributed by atoms with Crippen molar-refractivity contribution in [2.45, 2.75) is 6.42 Å². The second-order valence-electron chi connectivity index (χ2n) is 3.46. The van der Waals surface area contributed by atoms with Crippen LogP contribution in [0, 0.1) is 0 Å². The normalized spacial score (nSPS) is 11.1. The summed E-state index contributed by atoms with van der Waals surface area (Å²) in [7, 11) is -2.88. The summed E-state index contributed by atoms with van der Waals surface area (Å²) in [6.45, 7) is 0.564. The third-order valence-electron chi connectivity index (χ3n) is 1.89. The lowest BCUT2D eigenvalue weighted by Crippen LogP contribution is -2.12. The minimum atomic E-state index is -2.88. The number of aromatic nitrogens is 1. The van der Waals surface area contributed by atoms with Crippen LogP contribution >= 0.6 is 0 Å². The van der Waals surface area contributed by atoms with E-state index in [1.807, 2.05) is 0 Å². The van der Waals surface area contributed by atoms with Gasteiger partial charge in [0.2, 0.25) is 0 Å². The van der Waals surface area contributed by atoms with E-state index in [2.05, 4.69) is 15.7 Å². The molecule has 0 spiro atoms. The lowest BCUT2D eigenvalue weighted by molar-refractivity contribution is 0.600. The molecule has 0 saturated heterocycles. The maximum atomic E-state index is 10.9. The van der Waals surface area contributed by atoms with Crippen molar-refractivity contribution >= 4 is 21.5 Å². The van der Waals surface area contributed by atoms with Crippen LogP contribution < -0.4 is 16.6 Å². The van der Waals surface area contributed by atoms with E-state index in [9.17, 15) is 8.42 Å². The van der Waals surface area contributed by atoms with Crippen molar-refractivity contribution in [1.82, 2.24) is 4.98 Å². The predicted molar refractivity (Wildman–Crippen MR) is 64.9 cm³/mol. The van der Waals surface area contributed by atoms with Gasteiger partial charge in [-0.25, -0.2) is 19.2 Å². The van der Waals surface area contributed by atoms with Crippen molar-refractivity contribution in [2.75, 3.05) is 29.3 Å². The van der Waals surface area contributed by atoms with E-state index in [1.165, 1.54) is 6.26 Å². The quantitative estimate of drug-likeness (QED) is 0.376. The van der Waals surface area contributed by atoms with Gasteiger partial charge < -0.3 is 10.7 Å². The summed E-state index contributed by atoms with van der Waals surface area (Å²) < 4.78 is 21.7. The van der Waals surface area contributed by atoms with E-state index >= 15 is 0 Å². The first kappa shape index (κ1) is 12.7. The molecule has 1 aromatic heterocycles. The molecule has 6 nitrogen and oxygen atoms in total. The fourth-order valence-electron chi connectivity index (χ4n) is 1.16. The second kappa shape index (κ2) is 5.66. The first-order valence-corrected chi connectivity index (χ1v) is 6.92. The van der Waals surface area contributed by atoms with Gasteiger partial charge in [-0.15, -0.1) is 0 Å². The molecule has 0 aliphatic carbocycles. The summed E-state index contributed by atoms with van der Waals surface area (Å²) in [6.07, 6.45) is 1.78. The average molecular weight is 244 g/mol. The van der Waals surface area contributed by atoms with Crippen molar-refractivity contribution in [3.63, 3.8) is 0 Å². The maximum absolute atomic E-state index is 10.9. The van der Waals surface area contributed by atoms with Crippen molar-refractivity contribution in [2.24, 2.45) is 5.84 Å². The largest absolute Gasteiger partial charge is 0.370 e. The summed E-state index contributed by atoms with van der Waals surface area (Å²) >= 11 is 0. The molecule has 0 saturated carbocycles. The molecular weight excluding hydrogens is 228 g/mol. The summed E-state index contributed by atoms with van der Waals surface area (Å²) in [4.78, 5) is 4.13. The monoisotopic (exact) mass is 244 g/mol. The average Bonchev–Trinajstić information content (AvgIpc) is 2.23. The Morgan fingerprint density at radius 2 is 2.06 bits per heavy atom. The predicted octanol–water partition coefficient (Wildman–Crippen LogP) is 0.214. The van der Waals surface area contributed by atoms with Crippen LogP contribution in [0.4, 0.5) is 11.6 Å². The number of hydrazine groups is 1. The molecule has 0 aliphatic heterocycles. The van der Waals surface area contributed by atoms with Crippen LogP contribution in [0.3, 0.4) is 0 Å².